The van der Waals surface area contributed by atoms with Crippen LogP contribution in [0.1, 0.15) is 131 Å². The molecule has 1 aliphatic carbocycles. The van der Waals surface area contributed by atoms with E-state index in [9.17, 15) is 9.90 Å². The summed E-state index contributed by atoms with van der Waals surface area (Å²) in [6.07, 6.45) is 9.28. The molecule has 293 valence electrons. The van der Waals surface area contributed by atoms with Gasteiger partial charge in [-0.3, -0.25) is 9.78 Å². The van der Waals surface area contributed by atoms with E-state index in [0.717, 1.165) is 58.9 Å². The number of aromatic nitrogens is 1. The predicted octanol–water partition coefficient (Wildman–Crippen LogP) is 14.3. The zero-order valence-electron chi connectivity index (χ0n) is 34.9. The van der Waals surface area contributed by atoms with Crippen LogP contribution in [0.2, 0.25) is 0 Å². The second-order valence-corrected chi connectivity index (χ2v) is 17.9. The third kappa shape index (κ3) is 8.49. The Morgan fingerprint density at radius 1 is 0.800 bits per heavy atom. The average Bonchev–Trinajstić information content (AvgIpc) is 3.48. The maximum Gasteiger partial charge on any atom is 0.162 e. The minimum absolute atomic E-state index is 0. The number of hydrogen-bond acceptors (Lipinski definition) is 4. The van der Waals surface area contributed by atoms with Crippen molar-refractivity contribution in [2.75, 3.05) is 0 Å². The fourth-order valence-corrected chi connectivity index (χ4v) is 8.39. The zero-order valence-corrected chi connectivity index (χ0v) is 37.3. The number of hydrogen-bond donors (Lipinski definition) is 1. The molecular formula is C50H60IrNO3-. The van der Waals surface area contributed by atoms with Gasteiger partial charge in [0.1, 0.15) is 11.2 Å². The Morgan fingerprint density at radius 3 is 2.00 bits per heavy atom. The first kappa shape index (κ1) is 42.4. The fraction of sp³-hybridized carbons (Fsp3) is 0.440. The van der Waals surface area contributed by atoms with Gasteiger partial charge in [0.25, 0.3) is 0 Å². The van der Waals surface area contributed by atoms with E-state index in [1.165, 1.54) is 57.2 Å². The molecule has 0 saturated heterocycles. The first-order valence-corrected chi connectivity index (χ1v) is 20.2. The summed E-state index contributed by atoms with van der Waals surface area (Å²) in [5.74, 6) is 0.547. The number of ketones is 1. The van der Waals surface area contributed by atoms with Crippen LogP contribution in [-0.2, 0) is 41.1 Å². The average molecular weight is 915 g/mol. The Labute approximate surface area is 342 Å². The number of rotatable bonds is 8. The molecule has 55 heavy (non-hydrogen) atoms. The number of benzene rings is 4. The van der Waals surface area contributed by atoms with Gasteiger partial charge in [-0.05, 0) is 95.5 Å². The molecule has 0 amide bonds. The Hall–Kier alpha value is -3.79. The molecule has 2 aromatic heterocycles. The summed E-state index contributed by atoms with van der Waals surface area (Å²) in [5.41, 5.74) is 8.45. The van der Waals surface area contributed by atoms with E-state index in [1.54, 1.807) is 0 Å². The second-order valence-electron chi connectivity index (χ2n) is 17.9. The SMILES string of the molecule is CC(C)(C)c1cc(-c2cc3cc4c(cc3cn2)oc2cc3c(cc24)C(C)(C)CCC3(C)C)[c-]c2ccccc12.CCC(CC)C(=O)/C=C(\O)C(CC)CC.[Ir]. The summed E-state index contributed by atoms with van der Waals surface area (Å²) in [5, 5.41) is 16.8. The molecule has 4 aromatic carbocycles. The Bertz CT molecular complexity index is 2360. The van der Waals surface area contributed by atoms with Crippen molar-refractivity contribution in [2.45, 2.75) is 131 Å². The molecule has 0 bridgehead atoms. The standard InChI is InChI=1S/C37H36NO.C13H24O2.Ir/c1-35(2,3)29-16-24(14-22-10-8-9-11-26(22)29)32-17-23-15-27-28-19-30-31(37(6,7)13-12-36(30,4)5)20-34(28)39-33(27)18-25(23)21-38-32;1-5-10(6-2)12(14)9-13(15)11(7-3)8-4;/h8-11,15-21H,12-13H2,1-7H3;9-11,14H,5-8H2,1-4H3;/q-1;;/b;12-9-;. The molecule has 1 N–H and O–H groups in total. The van der Waals surface area contributed by atoms with Gasteiger partial charge >= 0.3 is 0 Å². The minimum Gasteiger partial charge on any atom is -0.512 e. The molecule has 0 atom stereocenters. The minimum atomic E-state index is 0. The van der Waals surface area contributed by atoms with Gasteiger partial charge in [-0.25, -0.2) is 0 Å². The third-order valence-corrected chi connectivity index (χ3v) is 12.2. The Morgan fingerprint density at radius 2 is 1.38 bits per heavy atom. The van der Waals surface area contributed by atoms with E-state index in [1.807, 2.05) is 33.9 Å². The largest absolute Gasteiger partial charge is 0.512 e. The van der Waals surface area contributed by atoms with Crippen LogP contribution >= 0.6 is 0 Å². The number of carbonyl (C=O) groups is 1. The van der Waals surface area contributed by atoms with Crippen LogP contribution in [0.25, 0.3) is 54.7 Å². The summed E-state index contributed by atoms with van der Waals surface area (Å²) in [6, 6.07) is 25.9. The van der Waals surface area contributed by atoms with Crippen molar-refractivity contribution in [3.63, 3.8) is 0 Å². The molecular weight excluding hydrogens is 855 g/mol. The molecule has 0 saturated carbocycles. The van der Waals surface area contributed by atoms with Gasteiger partial charge in [-0.15, -0.1) is 29.1 Å². The van der Waals surface area contributed by atoms with Crippen LogP contribution in [0.15, 0.2) is 83.1 Å². The summed E-state index contributed by atoms with van der Waals surface area (Å²) < 4.78 is 6.47. The number of carbonyl (C=O) groups excluding carboxylic acids is 1. The van der Waals surface area contributed by atoms with Gasteiger partial charge in [-0.1, -0.05) is 111 Å². The van der Waals surface area contributed by atoms with Gasteiger partial charge < -0.3 is 9.52 Å². The maximum absolute atomic E-state index is 11.7. The zero-order chi connectivity index (χ0) is 39.2. The Balaban J connectivity index is 0.000000311. The molecule has 6 aromatic rings. The summed E-state index contributed by atoms with van der Waals surface area (Å²) in [7, 11) is 0. The quantitative estimate of drug-likeness (QED) is 0.0939. The van der Waals surface area contributed by atoms with E-state index in [2.05, 4.69) is 115 Å². The predicted molar refractivity (Wildman–Crippen MR) is 229 cm³/mol. The van der Waals surface area contributed by atoms with Crippen molar-refractivity contribution in [2.24, 2.45) is 11.8 Å². The summed E-state index contributed by atoms with van der Waals surface area (Å²) in [6.45, 7) is 24.4. The van der Waals surface area contributed by atoms with Gasteiger partial charge in [0, 0.05) is 66.1 Å². The van der Waals surface area contributed by atoms with Crippen molar-refractivity contribution >= 4 is 49.3 Å². The monoisotopic (exact) mass is 915 g/mol. The van der Waals surface area contributed by atoms with E-state index < -0.39 is 0 Å². The van der Waals surface area contributed by atoms with Crippen LogP contribution in [0.4, 0.5) is 0 Å². The van der Waals surface area contributed by atoms with E-state index >= 15 is 0 Å². The summed E-state index contributed by atoms with van der Waals surface area (Å²) >= 11 is 0. The fourth-order valence-electron chi connectivity index (χ4n) is 8.39. The molecule has 7 rings (SSSR count). The molecule has 0 aliphatic heterocycles. The number of furan rings is 1. The van der Waals surface area contributed by atoms with Crippen molar-refractivity contribution in [3.8, 4) is 11.3 Å². The van der Waals surface area contributed by atoms with Gasteiger partial charge in [0.15, 0.2) is 5.78 Å². The number of fused-ring (bicyclic) bond motifs is 6. The number of nitrogens with zero attached hydrogens (tertiary/aromatic N) is 1. The van der Waals surface area contributed by atoms with Crippen molar-refractivity contribution in [3.05, 3.63) is 101 Å². The van der Waals surface area contributed by atoms with Crippen molar-refractivity contribution in [1.82, 2.24) is 4.98 Å². The molecule has 2 heterocycles. The van der Waals surface area contributed by atoms with Gasteiger partial charge in [0.2, 0.25) is 0 Å². The molecule has 5 heteroatoms. The second kappa shape index (κ2) is 16.4. The van der Waals surface area contributed by atoms with Gasteiger partial charge in [-0.2, -0.15) is 0 Å². The Kier molecular flexibility index (Phi) is 12.6. The van der Waals surface area contributed by atoms with Crippen molar-refractivity contribution in [1.29, 1.82) is 0 Å². The summed E-state index contributed by atoms with van der Waals surface area (Å²) in [4.78, 5) is 16.6. The van der Waals surface area contributed by atoms with Crippen LogP contribution in [0.3, 0.4) is 0 Å². The normalized spacial score (nSPS) is 15.3. The molecule has 4 nitrogen and oxygen atoms in total. The maximum atomic E-state index is 11.7. The molecule has 1 radical (unpaired) electrons. The van der Waals surface area contributed by atoms with E-state index in [-0.39, 0.29) is 59.7 Å². The number of allylic oxidation sites excluding steroid dienone is 2. The van der Waals surface area contributed by atoms with Crippen LogP contribution in [-0.4, -0.2) is 15.9 Å². The molecule has 0 spiro atoms. The third-order valence-electron chi connectivity index (χ3n) is 12.2. The van der Waals surface area contributed by atoms with Gasteiger partial charge in [0.05, 0.1) is 5.76 Å². The van der Waals surface area contributed by atoms with Crippen LogP contribution in [0, 0.1) is 17.9 Å². The van der Waals surface area contributed by atoms with E-state index in [4.69, 9.17) is 9.40 Å². The topological polar surface area (TPSA) is 63.3 Å². The van der Waals surface area contributed by atoms with Crippen molar-refractivity contribution < 1.29 is 34.4 Å². The first-order valence-electron chi connectivity index (χ1n) is 20.2. The number of pyridine rings is 1. The smallest absolute Gasteiger partial charge is 0.162 e. The van der Waals surface area contributed by atoms with Crippen LogP contribution < -0.4 is 0 Å². The first-order chi connectivity index (χ1) is 25.5. The number of aliphatic hydroxyl groups is 1. The molecule has 0 unspecified atom stereocenters. The molecule has 1 aliphatic rings. The van der Waals surface area contributed by atoms with Crippen LogP contribution in [0.5, 0.6) is 0 Å². The van der Waals surface area contributed by atoms with E-state index in [0.29, 0.717) is 0 Å². The number of aliphatic hydroxyl groups excluding tert-OH is 1. The molecule has 0 fully saturated rings.